The third kappa shape index (κ3) is 2.92. The summed E-state index contributed by atoms with van der Waals surface area (Å²) in [4.78, 5) is 23.7. The van der Waals surface area contributed by atoms with Crippen LogP contribution < -0.4 is 5.73 Å². The Balaban J connectivity index is 2.54. The molecule has 1 atom stereocenters. The molecule has 1 rings (SSSR count). The quantitative estimate of drug-likeness (QED) is 0.657. The van der Waals surface area contributed by atoms with Crippen molar-refractivity contribution in [2.45, 2.75) is 44.2 Å². The molecule has 1 aliphatic carbocycles. The van der Waals surface area contributed by atoms with Gasteiger partial charge in [-0.2, -0.15) is 0 Å². The van der Waals surface area contributed by atoms with Gasteiger partial charge in [-0.15, -0.1) is 0 Å². The molecule has 5 nitrogen and oxygen atoms in total. The Hall–Kier alpha value is -1.10. The van der Waals surface area contributed by atoms with Crippen LogP contribution in [0.15, 0.2) is 0 Å². The van der Waals surface area contributed by atoms with Crippen LogP contribution in [-0.4, -0.2) is 41.0 Å². The van der Waals surface area contributed by atoms with Crippen LogP contribution in [0.4, 0.5) is 0 Å². The minimum absolute atomic E-state index is 0.164. The first-order valence-electron chi connectivity index (χ1n) is 5.29. The van der Waals surface area contributed by atoms with E-state index in [4.69, 9.17) is 10.8 Å². The van der Waals surface area contributed by atoms with Crippen molar-refractivity contribution in [2.24, 2.45) is 5.73 Å². The van der Waals surface area contributed by atoms with Crippen molar-refractivity contribution in [3.8, 4) is 0 Å². The van der Waals surface area contributed by atoms with E-state index in [2.05, 4.69) is 0 Å². The zero-order chi connectivity index (χ0) is 11.4. The minimum Gasteiger partial charge on any atom is -0.480 e. The van der Waals surface area contributed by atoms with Crippen LogP contribution in [-0.2, 0) is 9.59 Å². The average molecular weight is 214 g/mol. The molecule has 0 heterocycles. The summed E-state index contributed by atoms with van der Waals surface area (Å²) >= 11 is 0. The molecule has 86 valence electrons. The Morgan fingerprint density at radius 1 is 1.33 bits per heavy atom. The number of nitrogens with zero attached hydrogens (tertiary/aromatic N) is 1. The van der Waals surface area contributed by atoms with Crippen LogP contribution >= 0.6 is 0 Å². The molecule has 1 fully saturated rings. The third-order valence-electron chi connectivity index (χ3n) is 3.00. The highest BCUT2D eigenvalue weighted by molar-refractivity contribution is 6.00. The van der Waals surface area contributed by atoms with Crippen molar-refractivity contribution >= 4 is 11.9 Å². The van der Waals surface area contributed by atoms with Crippen molar-refractivity contribution in [3.05, 3.63) is 0 Å². The molecule has 0 spiro atoms. The second-order valence-electron chi connectivity index (χ2n) is 4.06. The zero-order valence-corrected chi connectivity index (χ0v) is 8.98. The number of amides is 1. The maximum absolute atomic E-state index is 11.6. The van der Waals surface area contributed by atoms with Gasteiger partial charge in [-0.1, -0.05) is 19.3 Å². The summed E-state index contributed by atoms with van der Waals surface area (Å²) in [6.45, 7) is 0. The predicted molar refractivity (Wildman–Crippen MR) is 55.3 cm³/mol. The Labute approximate surface area is 89.2 Å². The first-order valence-corrected chi connectivity index (χ1v) is 5.29. The largest absolute Gasteiger partial charge is 0.480 e. The van der Waals surface area contributed by atoms with E-state index in [0.717, 1.165) is 25.7 Å². The number of carboxylic acids is 1. The molecule has 0 aromatic carbocycles. The van der Waals surface area contributed by atoms with E-state index < -0.39 is 17.9 Å². The predicted octanol–water partition coefficient (Wildman–Crippen LogP) is 0.189. The van der Waals surface area contributed by atoms with Crippen LogP contribution in [0, 0.1) is 0 Å². The van der Waals surface area contributed by atoms with Gasteiger partial charge in [-0.05, 0) is 12.8 Å². The molecule has 0 bridgehead atoms. The number of carbonyl (C=O) groups excluding carboxylic acids is 1. The van der Waals surface area contributed by atoms with Gasteiger partial charge in [0.1, 0.15) is 0 Å². The van der Waals surface area contributed by atoms with Crippen molar-refractivity contribution in [1.82, 2.24) is 4.90 Å². The van der Waals surface area contributed by atoms with E-state index in [9.17, 15) is 9.59 Å². The van der Waals surface area contributed by atoms with Crippen LogP contribution in [0.3, 0.4) is 0 Å². The highest BCUT2D eigenvalue weighted by Gasteiger charge is 2.29. The summed E-state index contributed by atoms with van der Waals surface area (Å²) in [5.41, 5.74) is 5.28. The van der Waals surface area contributed by atoms with Gasteiger partial charge in [-0.25, -0.2) is 4.79 Å². The Morgan fingerprint density at radius 3 is 2.33 bits per heavy atom. The molecule has 1 amide bonds. The number of hydrogen-bond acceptors (Lipinski definition) is 3. The van der Waals surface area contributed by atoms with Gasteiger partial charge in [0, 0.05) is 13.1 Å². The Morgan fingerprint density at radius 2 is 1.87 bits per heavy atom. The highest BCUT2D eigenvalue weighted by atomic mass is 16.4. The molecular formula is C10H18N2O3. The molecule has 1 aliphatic rings. The average Bonchev–Trinajstić information content (AvgIpc) is 2.27. The molecule has 3 N–H and O–H groups in total. The number of rotatable bonds is 3. The monoisotopic (exact) mass is 214 g/mol. The summed E-state index contributed by atoms with van der Waals surface area (Å²) in [6.07, 6.45) is 5.31. The lowest BCUT2D eigenvalue weighted by atomic mass is 9.94. The molecule has 15 heavy (non-hydrogen) atoms. The van der Waals surface area contributed by atoms with Crippen molar-refractivity contribution in [3.63, 3.8) is 0 Å². The number of likely N-dealkylation sites (N-methyl/N-ethyl adjacent to an activating group) is 1. The SMILES string of the molecule is CN(C(=O)C(N)C(=O)O)C1CCCCC1. The molecule has 0 saturated heterocycles. The maximum Gasteiger partial charge on any atom is 0.330 e. The summed E-state index contributed by atoms with van der Waals surface area (Å²) in [5.74, 6) is -1.75. The molecule has 0 aromatic heterocycles. The van der Waals surface area contributed by atoms with E-state index in [1.807, 2.05) is 0 Å². The Kier molecular flexibility index (Phi) is 4.08. The van der Waals surface area contributed by atoms with Crippen molar-refractivity contribution in [1.29, 1.82) is 0 Å². The van der Waals surface area contributed by atoms with Crippen LogP contribution in [0.2, 0.25) is 0 Å². The fourth-order valence-corrected chi connectivity index (χ4v) is 1.97. The van der Waals surface area contributed by atoms with Gasteiger partial charge >= 0.3 is 5.97 Å². The van der Waals surface area contributed by atoms with Crippen LogP contribution in [0.1, 0.15) is 32.1 Å². The fraction of sp³-hybridized carbons (Fsp3) is 0.800. The lowest BCUT2D eigenvalue weighted by molar-refractivity contribution is -0.147. The number of carboxylic acid groups (broad SMARTS) is 1. The number of carbonyl (C=O) groups is 2. The summed E-state index contributed by atoms with van der Waals surface area (Å²) in [6, 6.07) is -1.26. The van der Waals surface area contributed by atoms with Gasteiger partial charge in [-0.3, -0.25) is 4.79 Å². The van der Waals surface area contributed by atoms with Gasteiger partial charge in [0.15, 0.2) is 6.04 Å². The lowest BCUT2D eigenvalue weighted by Crippen LogP contribution is -2.50. The number of aliphatic carboxylic acids is 1. The maximum atomic E-state index is 11.6. The second-order valence-corrected chi connectivity index (χ2v) is 4.06. The van der Waals surface area contributed by atoms with Gasteiger partial charge in [0.25, 0.3) is 5.91 Å². The highest BCUT2D eigenvalue weighted by Crippen LogP contribution is 2.21. The molecule has 0 aromatic rings. The van der Waals surface area contributed by atoms with E-state index in [0.29, 0.717) is 0 Å². The summed E-state index contributed by atoms with van der Waals surface area (Å²) in [7, 11) is 1.64. The zero-order valence-electron chi connectivity index (χ0n) is 8.98. The molecule has 1 saturated carbocycles. The van der Waals surface area contributed by atoms with Gasteiger partial charge < -0.3 is 15.7 Å². The van der Waals surface area contributed by atoms with Gasteiger partial charge in [0.05, 0.1) is 0 Å². The minimum atomic E-state index is -1.42. The normalized spacial score (nSPS) is 19.6. The van der Waals surface area contributed by atoms with Crippen molar-refractivity contribution in [2.75, 3.05) is 7.05 Å². The molecule has 0 aliphatic heterocycles. The van der Waals surface area contributed by atoms with Crippen molar-refractivity contribution < 1.29 is 14.7 Å². The number of hydrogen-bond donors (Lipinski definition) is 2. The standard InChI is InChI=1S/C10H18N2O3/c1-12(7-5-3-2-4-6-7)9(13)8(11)10(14)15/h7-8H,2-6,11H2,1H3,(H,14,15). The molecule has 5 heteroatoms. The Bertz CT molecular complexity index is 249. The first-order chi connectivity index (χ1) is 7.04. The number of nitrogens with two attached hydrogens (primary N) is 1. The van der Waals surface area contributed by atoms with E-state index in [1.54, 1.807) is 7.05 Å². The molecular weight excluding hydrogens is 196 g/mol. The smallest absolute Gasteiger partial charge is 0.330 e. The molecule has 0 radical (unpaired) electrons. The summed E-state index contributed by atoms with van der Waals surface area (Å²) < 4.78 is 0. The third-order valence-corrected chi connectivity index (χ3v) is 3.00. The van der Waals surface area contributed by atoms with Gasteiger partial charge in [0.2, 0.25) is 0 Å². The summed E-state index contributed by atoms with van der Waals surface area (Å²) in [5, 5.41) is 8.63. The second kappa shape index (κ2) is 5.11. The van der Waals surface area contributed by atoms with Crippen LogP contribution in [0.25, 0.3) is 0 Å². The topological polar surface area (TPSA) is 83.6 Å². The van der Waals surface area contributed by atoms with E-state index in [-0.39, 0.29) is 6.04 Å². The lowest BCUT2D eigenvalue weighted by Gasteiger charge is -2.32. The first kappa shape index (κ1) is 12.0. The fourth-order valence-electron chi connectivity index (χ4n) is 1.97. The van der Waals surface area contributed by atoms with Crippen LogP contribution in [0.5, 0.6) is 0 Å². The molecule has 1 unspecified atom stereocenters. The van der Waals surface area contributed by atoms with E-state index >= 15 is 0 Å². The van der Waals surface area contributed by atoms with E-state index in [1.165, 1.54) is 11.3 Å².